The first-order chi connectivity index (χ1) is 11.7. The number of amides is 2. The number of benzene rings is 1. The van der Waals surface area contributed by atoms with Crippen molar-refractivity contribution >= 4 is 28.0 Å². The Morgan fingerprint density at radius 1 is 1.24 bits per heavy atom. The monoisotopic (exact) mass is 360 g/mol. The minimum Gasteiger partial charge on any atom is -0.478 e. The molecule has 9 nitrogen and oxygen atoms in total. The number of hydrogen-bond donors (Lipinski definition) is 3. The average molecular weight is 360 g/mol. The molecule has 0 radical (unpaired) electrons. The molecule has 0 unspecified atom stereocenters. The number of rotatable bonds is 4. The summed E-state index contributed by atoms with van der Waals surface area (Å²) in [6, 6.07) is 5.22. The first-order valence-corrected chi connectivity index (χ1v) is 8.19. The van der Waals surface area contributed by atoms with Crippen LogP contribution >= 0.6 is 0 Å². The van der Waals surface area contributed by atoms with E-state index in [1.54, 1.807) is 11.6 Å². The van der Waals surface area contributed by atoms with Crippen molar-refractivity contribution < 1.29 is 23.1 Å². The molecule has 0 saturated carbocycles. The van der Waals surface area contributed by atoms with E-state index in [1.807, 2.05) is 0 Å². The third-order valence-corrected chi connectivity index (χ3v) is 4.25. The molecule has 1 aromatic heterocycles. The maximum absolute atomic E-state index is 12.2. The number of nitrogens with zero attached hydrogens (tertiary/aromatic N) is 2. The molecule has 0 fully saturated rings. The van der Waals surface area contributed by atoms with Crippen LogP contribution in [-0.2, 0) is 10.0 Å². The highest BCUT2D eigenvalue weighted by molar-refractivity contribution is 7.90. The lowest BCUT2D eigenvalue weighted by atomic mass is 10.2. The van der Waals surface area contributed by atoms with E-state index in [1.165, 1.54) is 18.2 Å². The van der Waals surface area contributed by atoms with Gasteiger partial charge in [-0.05, 0) is 25.1 Å². The minimum atomic E-state index is -4.42. The Hall–Kier alpha value is -3.45. The fraction of sp³-hybridized carbons (Fsp3) is 0.0667. The van der Waals surface area contributed by atoms with Crippen LogP contribution in [0.3, 0.4) is 0 Å². The number of aryl methyl sites for hydroxylation is 1. The van der Waals surface area contributed by atoms with Crippen LogP contribution in [0.4, 0.5) is 10.7 Å². The van der Waals surface area contributed by atoms with Gasteiger partial charge >= 0.3 is 12.0 Å². The molecular weight excluding hydrogens is 348 g/mol. The number of terminal acetylenes is 1. The smallest absolute Gasteiger partial charge is 0.337 e. The summed E-state index contributed by atoms with van der Waals surface area (Å²) in [4.78, 5) is 30.2. The molecule has 128 valence electrons. The number of carbonyl (C=O) groups excluding carboxylic acids is 1. The van der Waals surface area contributed by atoms with Crippen LogP contribution in [0.15, 0.2) is 35.2 Å². The molecule has 25 heavy (non-hydrogen) atoms. The summed E-state index contributed by atoms with van der Waals surface area (Å²) in [5.74, 6) is 0.639. The maximum Gasteiger partial charge on any atom is 0.337 e. The van der Waals surface area contributed by atoms with Crippen molar-refractivity contribution in [2.45, 2.75) is 11.8 Å². The summed E-state index contributed by atoms with van der Waals surface area (Å²) >= 11 is 0. The number of carboxylic acids is 1. The van der Waals surface area contributed by atoms with Gasteiger partial charge in [0.2, 0.25) is 5.95 Å². The maximum atomic E-state index is 12.2. The van der Waals surface area contributed by atoms with E-state index in [-0.39, 0.29) is 11.6 Å². The third kappa shape index (κ3) is 4.30. The zero-order valence-electron chi connectivity index (χ0n) is 12.8. The number of nitrogens with one attached hydrogen (secondary N) is 2. The Bertz CT molecular complexity index is 995. The Kier molecular flexibility index (Phi) is 5.00. The highest BCUT2D eigenvalue weighted by atomic mass is 32.2. The SMILES string of the molecule is C#Cc1cc(C)nc(NC(=O)NS(=O)(=O)c2ccccc2C(=O)O)n1. The molecule has 0 spiro atoms. The van der Waals surface area contributed by atoms with Crippen LogP contribution in [0, 0.1) is 19.3 Å². The van der Waals surface area contributed by atoms with Gasteiger partial charge in [-0.3, -0.25) is 5.32 Å². The molecule has 0 aliphatic heterocycles. The van der Waals surface area contributed by atoms with Gasteiger partial charge in [-0.25, -0.2) is 32.7 Å². The van der Waals surface area contributed by atoms with E-state index in [2.05, 4.69) is 21.2 Å². The van der Waals surface area contributed by atoms with Crippen LogP contribution in [0.25, 0.3) is 0 Å². The zero-order chi connectivity index (χ0) is 18.6. The second-order valence-corrected chi connectivity index (χ2v) is 6.37. The zero-order valence-corrected chi connectivity index (χ0v) is 13.7. The second-order valence-electron chi connectivity index (χ2n) is 4.72. The Labute approximate surface area is 143 Å². The van der Waals surface area contributed by atoms with Gasteiger partial charge in [0, 0.05) is 5.69 Å². The first-order valence-electron chi connectivity index (χ1n) is 6.71. The molecular formula is C15H12N4O5S. The van der Waals surface area contributed by atoms with Gasteiger partial charge in [0.15, 0.2) is 0 Å². The highest BCUT2D eigenvalue weighted by Gasteiger charge is 2.24. The number of sulfonamides is 1. The summed E-state index contributed by atoms with van der Waals surface area (Å²) in [5, 5.41) is 11.2. The summed E-state index contributed by atoms with van der Waals surface area (Å²) < 4.78 is 26.2. The molecule has 0 atom stereocenters. The predicted molar refractivity (Wildman–Crippen MR) is 87.4 cm³/mol. The number of aromatic carboxylic acids is 1. The number of urea groups is 1. The summed E-state index contributed by atoms with van der Waals surface area (Å²) in [6.07, 6.45) is 5.22. The van der Waals surface area contributed by atoms with Crippen molar-refractivity contribution in [3.8, 4) is 12.3 Å². The topological polar surface area (TPSA) is 138 Å². The van der Waals surface area contributed by atoms with Gasteiger partial charge in [0.1, 0.15) is 10.6 Å². The molecule has 0 bridgehead atoms. The number of carboxylic acid groups (broad SMARTS) is 1. The Morgan fingerprint density at radius 3 is 2.56 bits per heavy atom. The van der Waals surface area contributed by atoms with Crippen LogP contribution in [0.1, 0.15) is 21.7 Å². The quantitative estimate of drug-likeness (QED) is 0.691. The van der Waals surface area contributed by atoms with Gasteiger partial charge in [0.25, 0.3) is 10.0 Å². The number of aromatic nitrogens is 2. The van der Waals surface area contributed by atoms with Crippen molar-refractivity contribution in [3.05, 3.63) is 47.3 Å². The molecule has 1 heterocycles. The lowest BCUT2D eigenvalue weighted by Gasteiger charge is -2.10. The van der Waals surface area contributed by atoms with E-state index in [0.717, 1.165) is 12.1 Å². The van der Waals surface area contributed by atoms with E-state index in [9.17, 15) is 18.0 Å². The fourth-order valence-corrected chi connectivity index (χ4v) is 2.99. The van der Waals surface area contributed by atoms with Crippen LogP contribution in [0.2, 0.25) is 0 Å². The number of hydrogen-bond acceptors (Lipinski definition) is 6. The highest BCUT2D eigenvalue weighted by Crippen LogP contribution is 2.15. The molecule has 0 aliphatic rings. The van der Waals surface area contributed by atoms with Gasteiger partial charge in [-0.2, -0.15) is 0 Å². The van der Waals surface area contributed by atoms with Gasteiger partial charge in [-0.15, -0.1) is 6.42 Å². The summed E-state index contributed by atoms with van der Waals surface area (Å²) in [6.45, 7) is 1.62. The third-order valence-electron chi connectivity index (χ3n) is 2.86. The predicted octanol–water partition coefficient (Wildman–Crippen LogP) is 0.975. The second kappa shape index (κ2) is 6.98. The van der Waals surface area contributed by atoms with Crippen molar-refractivity contribution in [2.24, 2.45) is 0 Å². The number of carbonyl (C=O) groups is 2. The van der Waals surface area contributed by atoms with E-state index >= 15 is 0 Å². The standard InChI is InChI=1S/C15H12N4O5S/c1-3-10-8-9(2)16-14(17-10)18-15(22)19-25(23,24)12-7-5-4-6-11(12)13(20)21/h1,4-8H,2H3,(H,20,21)(H2,16,17,18,19,22). The van der Waals surface area contributed by atoms with Crippen molar-refractivity contribution in [2.75, 3.05) is 5.32 Å². The van der Waals surface area contributed by atoms with Crippen molar-refractivity contribution in [3.63, 3.8) is 0 Å². The lowest BCUT2D eigenvalue weighted by Crippen LogP contribution is -2.35. The summed E-state index contributed by atoms with van der Waals surface area (Å²) in [5.41, 5.74) is 0.212. The first kappa shape index (κ1) is 17.9. The minimum absolute atomic E-state index is 0.188. The fourth-order valence-electron chi connectivity index (χ4n) is 1.88. The lowest BCUT2D eigenvalue weighted by molar-refractivity contribution is 0.0692. The van der Waals surface area contributed by atoms with E-state index in [0.29, 0.717) is 5.69 Å². The van der Waals surface area contributed by atoms with Gasteiger partial charge in [-0.1, -0.05) is 18.1 Å². The molecule has 10 heteroatoms. The molecule has 3 N–H and O–H groups in total. The molecule has 2 amide bonds. The molecule has 0 aliphatic carbocycles. The van der Waals surface area contributed by atoms with E-state index in [4.69, 9.17) is 11.5 Å². The van der Waals surface area contributed by atoms with Crippen molar-refractivity contribution in [1.29, 1.82) is 0 Å². The van der Waals surface area contributed by atoms with Crippen molar-refractivity contribution in [1.82, 2.24) is 14.7 Å². The van der Waals surface area contributed by atoms with Gasteiger partial charge in [0.05, 0.1) is 5.56 Å². The van der Waals surface area contributed by atoms with Gasteiger partial charge < -0.3 is 5.11 Å². The Balaban J connectivity index is 2.25. The summed E-state index contributed by atoms with van der Waals surface area (Å²) in [7, 11) is -4.42. The largest absolute Gasteiger partial charge is 0.478 e. The molecule has 0 saturated heterocycles. The number of anilines is 1. The average Bonchev–Trinajstić information content (AvgIpc) is 2.53. The molecule has 1 aromatic carbocycles. The van der Waals surface area contributed by atoms with Crippen LogP contribution in [0.5, 0.6) is 0 Å². The van der Waals surface area contributed by atoms with E-state index < -0.39 is 32.5 Å². The molecule has 2 rings (SSSR count). The Morgan fingerprint density at radius 2 is 1.92 bits per heavy atom. The van der Waals surface area contributed by atoms with Crippen LogP contribution in [-0.4, -0.2) is 35.5 Å². The van der Waals surface area contributed by atoms with Crippen LogP contribution < -0.4 is 10.0 Å². The normalized spacial score (nSPS) is 10.6. The molecule has 2 aromatic rings.